The monoisotopic (exact) mass is 340 g/mol. The Labute approximate surface area is 150 Å². The molecule has 4 nitrogen and oxygen atoms in total. The minimum Gasteiger partial charge on any atom is -0.299 e. The Morgan fingerprint density at radius 2 is 1.60 bits per heavy atom. The molecule has 0 N–H and O–H groups in total. The summed E-state index contributed by atoms with van der Waals surface area (Å²) in [6.45, 7) is 6.71. The molecular weight excluding hydrogens is 312 g/mol. The highest BCUT2D eigenvalue weighted by Gasteiger charge is 2.22. The van der Waals surface area contributed by atoms with E-state index in [-0.39, 0.29) is 10.6 Å². The average Bonchev–Trinajstić information content (AvgIpc) is 2.66. The third-order valence-electron chi connectivity index (χ3n) is 4.66. The van der Waals surface area contributed by atoms with E-state index in [4.69, 9.17) is 0 Å². The van der Waals surface area contributed by atoms with Crippen LogP contribution in [0.2, 0.25) is 0 Å². The Bertz CT molecular complexity index is 650. The summed E-state index contributed by atoms with van der Waals surface area (Å²) in [6, 6.07) is 17.7. The van der Waals surface area contributed by atoms with E-state index in [1.54, 1.807) is 12.1 Å². The number of hydrogen-bond donors (Lipinski definition) is 0. The summed E-state index contributed by atoms with van der Waals surface area (Å²) < 4.78 is 0. The van der Waals surface area contributed by atoms with Gasteiger partial charge in [-0.05, 0) is 43.8 Å². The first-order chi connectivity index (χ1) is 12.2. The Balaban J connectivity index is 0.00000109. The zero-order chi connectivity index (χ0) is 18.1. The van der Waals surface area contributed by atoms with Crippen LogP contribution in [0.4, 0.5) is 5.69 Å². The van der Waals surface area contributed by atoms with Crippen molar-refractivity contribution in [1.29, 1.82) is 0 Å². The average molecular weight is 340 g/mol. The fourth-order valence-corrected chi connectivity index (χ4v) is 3.36. The summed E-state index contributed by atoms with van der Waals surface area (Å²) >= 11 is 0. The van der Waals surface area contributed by atoms with Gasteiger partial charge in [-0.3, -0.25) is 15.0 Å². The van der Waals surface area contributed by atoms with Gasteiger partial charge < -0.3 is 0 Å². The second-order valence-corrected chi connectivity index (χ2v) is 6.30. The molecule has 4 heteroatoms. The molecule has 0 amide bonds. The molecule has 0 atom stereocenters. The summed E-state index contributed by atoms with van der Waals surface area (Å²) in [5.74, 6) is 0.722. The normalized spacial score (nSPS) is 15.3. The van der Waals surface area contributed by atoms with E-state index in [0.717, 1.165) is 43.8 Å². The van der Waals surface area contributed by atoms with E-state index in [9.17, 15) is 10.1 Å². The first kappa shape index (κ1) is 19.1. The van der Waals surface area contributed by atoms with Gasteiger partial charge in [0.15, 0.2) is 0 Å². The molecular formula is C21H28N2O2. The molecule has 0 aliphatic carbocycles. The first-order valence-electron chi connectivity index (χ1n) is 9.21. The minimum atomic E-state index is -0.280. The van der Waals surface area contributed by atoms with Crippen LogP contribution >= 0.6 is 0 Å². The van der Waals surface area contributed by atoms with E-state index < -0.39 is 0 Å². The Morgan fingerprint density at radius 3 is 2.24 bits per heavy atom. The topological polar surface area (TPSA) is 46.4 Å². The van der Waals surface area contributed by atoms with Crippen LogP contribution in [0.3, 0.4) is 0 Å². The molecule has 1 heterocycles. The summed E-state index contributed by atoms with van der Waals surface area (Å²) in [7, 11) is 0. The van der Waals surface area contributed by atoms with Gasteiger partial charge in [0.25, 0.3) is 5.69 Å². The van der Waals surface area contributed by atoms with Crippen LogP contribution in [-0.4, -0.2) is 22.9 Å². The molecule has 25 heavy (non-hydrogen) atoms. The van der Waals surface area contributed by atoms with Gasteiger partial charge in [0.05, 0.1) is 4.92 Å². The van der Waals surface area contributed by atoms with Crippen molar-refractivity contribution in [1.82, 2.24) is 4.90 Å². The summed E-state index contributed by atoms with van der Waals surface area (Å²) in [6.07, 6.45) is 3.46. The van der Waals surface area contributed by atoms with Crippen LogP contribution in [0.5, 0.6) is 0 Å². The number of nitrogens with zero attached hydrogens (tertiary/aromatic N) is 2. The third kappa shape index (κ3) is 5.68. The van der Waals surface area contributed by atoms with Gasteiger partial charge in [0.1, 0.15) is 0 Å². The van der Waals surface area contributed by atoms with Crippen molar-refractivity contribution in [3.8, 4) is 0 Å². The van der Waals surface area contributed by atoms with Crippen molar-refractivity contribution in [3.63, 3.8) is 0 Å². The number of likely N-dealkylation sites (tertiary alicyclic amines) is 1. The minimum absolute atomic E-state index is 0.235. The van der Waals surface area contributed by atoms with E-state index in [1.165, 1.54) is 5.56 Å². The molecule has 1 aliphatic heterocycles. The summed E-state index contributed by atoms with van der Waals surface area (Å²) in [5, 5.41) is 11.1. The molecule has 2 aromatic rings. The van der Waals surface area contributed by atoms with Crippen molar-refractivity contribution < 1.29 is 4.92 Å². The maximum absolute atomic E-state index is 11.1. The molecule has 0 radical (unpaired) electrons. The number of hydrogen-bond acceptors (Lipinski definition) is 3. The molecule has 0 unspecified atom stereocenters. The highest BCUT2D eigenvalue weighted by Crippen LogP contribution is 2.25. The van der Waals surface area contributed by atoms with Crippen molar-refractivity contribution in [3.05, 3.63) is 75.8 Å². The summed E-state index contributed by atoms with van der Waals surface area (Å²) in [4.78, 5) is 13.2. The van der Waals surface area contributed by atoms with Gasteiger partial charge in [-0.25, -0.2) is 0 Å². The lowest BCUT2D eigenvalue weighted by Crippen LogP contribution is -2.34. The van der Waals surface area contributed by atoms with Crippen molar-refractivity contribution in [2.45, 2.75) is 39.7 Å². The third-order valence-corrected chi connectivity index (χ3v) is 4.66. The van der Waals surface area contributed by atoms with E-state index >= 15 is 0 Å². The van der Waals surface area contributed by atoms with E-state index in [0.29, 0.717) is 6.54 Å². The second kappa shape index (κ2) is 9.94. The molecule has 2 aromatic carbocycles. The van der Waals surface area contributed by atoms with Gasteiger partial charge in [-0.1, -0.05) is 62.4 Å². The number of nitro benzene ring substituents is 1. The van der Waals surface area contributed by atoms with Crippen molar-refractivity contribution in [2.75, 3.05) is 13.1 Å². The number of piperidine rings is 1. The molecule has 1 fully saturated rings. The number of rotatable bonds is 5. The fraction of sp³-hybridized carbons (Fsp3) is 0.429. The van der Waals surface area contributed by atoms with Gasteiger partial charge in [-0.2, -0.15) is 0 Å². The Hall–Kier alpha value is -2.20. The van der Waals surface area contributed by atoms with Crippen molar-refractivity contribution >= 4 is 5.69 Å². The number of para-hydroxylation sites is 1. The van der Waals surface area contributed by atoms with Gasteiger partial charge >= 0.3 is 0 Å². The number of benzene rings is 2. The zero-order valence-corrected chi connectivity index (χ0v) is 15.2. The maximum Gasteiger partial charge on any atom is 0.273 e. The highest BCUT2D eigenvalue weighted by atomic mass is 16.6. The Morgan fingerprint density at radius 1 is 1.00 bits per heavy atom. The van der Waals surface area contributed by atoms with Crippen LogP contribution in [0.25, 0.3) is 0 Å². The zero-order valence-electron chi connectivity index (χ0n) is 15.2. The molecule has 0 spiro atoms. The smallest absolute Gasteiger partial charge is 0.273 e. The molecule has 0 aromatic heterocycles. The molecule has 134 valence electrons. The lowest BCUT2D eigenvalue weighted by atomic mass is 9.90. The van der Waals surface area contributed by atoms with Gasteiger partial charge in [-0.15, -0.1) is 0 Å². The molecule has 0 bridgehead atoms. The van der Waals surface area contributed by atoms with E-state index in [2.05, 4.69) is 35.2 Å². The van der Waals surface area contributed by atoms with Crippen molar-refractivity contribution in [2.24, 2.45) is 5.92 Å². The lowest BCUT2D eigenvalue weighted by molar-refractivity contribution is -0.385. The molecule has 0 saturated carbocycles. The lowest BCUT2D eigenvalue weighted by Gasteiger charge is -2.32. The summed E-state index contributed by atoms with van der Waals surface area (Å²) in [5.41, 5.74) is 2.46. The molecule has 3 rings (SSSR count). The molecule has 1 aliphatic rings. The predicted octanol–water partition coefficient (Wildman–Crippen LogP) is 5.08. The molecule has 1 saturated heterocycles. The van der Waals surface area contributed by atoms with Crippen LogP contribution < -0.4 is 0 Å². The van der Waals surface area contributed by atoms with Crippen LogP contribution in [0.1, 0.15) is 37.8 Å². The quantitative estimate of drug-likeness (QED) is 0.563. The highest BCUT2D eigenvalue weighted by molar-refractivity contribution is 5.39. The van der Waals surface area contributed by atoms with Gasteiger partial charge in [0, 0.05) is 18.2 Å². The van der Waals surface area contributed by atoms with E-state index in [1.807, 2.05) is 26.0 Å². The second-order valence-electron chi connectivity index (χ2n) is 6.30. The first-order valence-corrected chi connectivity index (χ1v) is 9.21. The van der Waals surface area contributed by atoms with Crippen LogP contribution in [0.15, 0.2) is 54.6 Å². The number of nitro groups is 1. The van der Waals surface area contributed by atoms with Gasteiger partial charge in [0.2, 0.25) is 0 Å². The van der Waals surface area contributed by atoms with Crippen LogP contribution in [-0.2, 0) is 13.0 Å². The van der Waals surface area contributed by atoms with Crippen LogP contribution in [0, 0.1) is 16.0 Å². The largest absolute Gasteiger partial charge is 0.299 e. The SMILES string of the molecule is CC.O=[N+]([O-])c1ccccc1CN1CCC(Cc2ccccc2)CC1. The Kier molecular flexibility index (Phi) is 7.61. The maximum atomic E-state index is 11.1. The predicted molar refractivity (Wildman–Crippen MR) is 103 cm³/mol. The fourth-order valence-electron chi connectivity index (χ4n) is 3.36. The standard InChI is InChI=1S/C19H22N2O2.C2H6/c22-21(23)19-9-5-4-8-18(19)15-20-12-10-17(11-13-20)14-16-6-2-1-3-7-16;1-2/h1-9,17H,10-15H2;1-2H3.